The predicted octanol–water partition coefficient (Wildman–Crippen LogP) is 2.97. The van der Waals surface area contributed by atoms with Gasteiger partial charge in [-0.1, -0.05) is 13.0 Å². The zero-order valence-corrected chi connectivity index (χ0v) is 14.3. The molecule has 0 spiro atoms. The average molecular weight is 341 g/mol. The molecule has 0 saturated carbocycles. The zero-order valence-electron chi connectivity index (χ0n) is 13.4. The molecule has 3 N–H and O–H groups in total. The number of hydrogen-bond acceptors (Lipinski definition) is 3. The molecular formula is C18H19N3O2S. The number of aromatic nitrogens is 2. The lowest BCUT2D eigenvalue weighted by Crippen LogP contribution is -2.21. The number of thiophene rings is 1. The molecule has 6 heteroatoms. The van der Waals surface area contributed by atoms with Crippen LogP contribution >= 0.6 is 11.3 Å². The topological polar surface area (TPSA) is 77.8 Å². The molecule has 5 nitrogen and oxygen atoms in total. The third-order valence-corrected chi connectivity index (χ3v) is 5.82. The van der Waals surface area contributed by atoms with Gasteiger partial charge in [-0.15, -0.1) is 11.3 Å². The number of imidazole rings is 1. The van der Waals surface area contributed by atoms with Gasteiger partial charge < -0.3 is 15.3 Å². The van der Waals surface area contributed by atoms with Crippen LogP contribution in [0.3, 0.4) is 0 Å². The molecule has 24 heavy (non-hydrogen) atoms. The summed E-state index contributed by atoms with van der Waals surface area (Å²) in [5.41, 5.74) is 3.61. The number of rotatable bonds is 3. The minimum atomic E-state index is -0.218. The average Bonchev–Trinajstić information content (AvgIpc) is 3.13. The number of carbonyl (C=O) groups is 1. The van der Waals surface area contributed by atoms with Crippen LogP contribution in [0.2, 0.25) is 0 Å². The lowest BCUT2D eigenvalue weighted by molar-refractivity contribution is 0.0955. The van der Waals surface area contributed by atoms with Crippen LogP contribution < -0.4 is 11.0 Å². The fourth-order valence-electron chi connectivity index (χ4n) is 3.28. The van der Waals surface area contributed by atoms with Gasteiger partial charge in [0.1, 0.15) is 0 Å². The molecule has 0 radical (unpaired) electrons. The molecule has 1 unspecified atom stereocenters. The summed E-state index contributed by atoms with van der Waals surface area (Å²) in [7, 11) is 0. The predicted molar refractivity (Wildman–Crippen MR) is 95.6 cm³/mol. The van der Waals surface area contributed by atoms with Crippen LogP contribution in [0.15, 0.2) is 29.1 Å². The van der Waals surface area contributed by atoms with E-state index in [9.17, 15) is 9.59 Å². The van der Waals surface area contributed by atoms with Crippen molar-refractivity contribution in [1.82, 2.24) is 15.3 Å². The number of benzene rings is 1. The van der Waals surface area contributed by atoms with E-state index in [1.54, 1.807) is 11.3 Å². The van der Waals surface area contributed by atoms with Crippen LogP contribution in [0, 0.1) is 5.92 Å². The van der Waals surface area contributed by atoms with Gasteiger partial charge in [0.25, 0.3) is 5.91 Å². The Balaban J connectivity index is 1.46. The van der Waals surface area contributed by atoms with Crippen molar-refractivity contribution in [3.63, 3.8) is 0 Å². The molecule has 1 atom stereocenters. The standard InChI is InChI=1S/C18H19N3O2S/c1-10-2-5-15-12(6-10)8-16(24-15)17(22)19-9-11-3-4-13-14(7-11)21-18(23)20-13/h3-4,7-8,10H,2,5-6,9H2,1H3,(H,19,22)(H2,20,21,23). The number of amides is 1. The second-order valence-corrected chi connectivity index (χ2v) is 7.69. The number of carbonyl (C=O) groups excluding carboxylic acids is 1. The highest BCUT2D eigenvalue weighted by molar-refractivity contribution is 7.14. The molecular weight excluding hydrogens is 322 g/mol. The molecule has 4 rings (SSSR count). The minimum absolute atomic E-state index is 0.0234. The summed E-state index contributed by atoms with van der Waals surface area (Å²) in [6.45, 7) is 2.71. The van der Waals surface area contributed by atoms with E-state index in [0.717, 1.165) is 34.3 Å². The summed E-state index contributed by atoms with van der Waals surface area (Å²) >= 11 is 1.62. The van der Waals surface area contributed by atoms with E-state index in [-0.39, 0.29) is 11.6 Å². The van der Waals surface area contributed by atoms with Crippen LogP contribution in [0.1, 0.15) is 39.0 Å². The SMILES string of the molecule is CC1CCc2sc(C(=O)NCc3ccc4[nH]c(=O)[nH]c4c3)cc2C1. The zero-order chi connectivity index (χ0) is 16.7. The van der Waals surface area contributed by atoms with Crippen molar-refractivity contribution in [2.75, 3.05) is 0 Å². The Morgan fingerprint density at radius 1 is 1.29 bits per heavy atom. The summed E-state index contributed by atoms with van der Waals surface area (Å²) in [5.74, 6) is 0.683. The second kappa shape index (κ2) is 5.94. The molecule has 0 fully saturated rings. The van der Waals surface area contributed by atoms with E-state index in [0.29, 0.717) is 12.5 Å². The molecule has 0 saturated heterocycles. The van der Waals surface area contributed by atoms with Gasteiger partial charge in [0.05, 0.1) is 15.9 Å². The first kappa shape index (κ1) is 15.2. The van der Waals surface area contributed by atoms with Gasteiger partial charge in [-0.25, -0.2) is 4.79 Å². The largest absolute Gasteiger partial charge is 0.347 e. The third-order valence-electron chi connectivity index (χ3n) is 4.59. The van der Waals surface area contributed by atoms with Crippen molar-refractivity contribution >= 4 is 28.3 Å². The lowest BCUT2D eigenvalue weighted by Gasteiger charge is -2.16. The van der Waals surface area contributed by atoms with Crippen LogP contribution in [-0.2, 0) is 19.4 Å². The highest BCUT2D eigenvalue weighted by atomic mass is 32.1. The molecule has 3 aromatic rings. The third kappa shape index (κ3) is 2.89. The van der Waals surface area contributed by atoms with Crippen molar-refractivity contribution in [2.45, 2.75) is 32.7 Å². The Hall–Kier alpha value is -2.34. The van der Waals surface area contributed by atoms with Gasteiger partial charge in [0, 0.05) is 11.4 Å². The maximum absolute atomic E-state index is 12.4. The van der Waals surface area contributed by atoms with Gasteiger partial charge in [0.2, 0.25) is 0 Å². The monoisotopic (exact) mass is 341 g/mol. The Bertz CT molecular complexity index is 966. The first-order valence-electron chi connectivity index (χ1n) is 8.19. The lowest BCUT2D eigenvalue weighted by atomic mass is 9.90. The molecule has 0 bridgehead atoms. The van der Waals surface area contributed by atoms with E-state index in [2.05, 4.69) is 28.3 Å². The molecule has 1 aliphatic carbocycles. The van der Waals surface area contributed by atoms with E-state index in [4.69, 9.17) is 0 Å². The van der Waals surface area contributed by atoms with E-state index >= 15 is 0 Å². The van der Waals surface area contributed by atoms with E-state index < -0.39 is 0 Å². The summed E-state index contributed by atoms with van der Waals surface area (Å²) in [5, 5.41) is 2.98. The molecule has 1 amide bonds. The van der Waals surface area contributed by atoms with Crippen LogP contribution in [0.5, 0.6) is 0 Å². The van der Waals surface area contributed by atoms with Crippen LogP contribution in [-0.4, -0.2) is 15.9 Å². The Kier molecular flexibility index (Phi) is 3.76. The normalized spacial score (nSPS) is 17.0. The smallest absolute Gasteiger partial charge is 0.323 e. The van der Waals surface area contributed by atoms with Crippen molar-refractivity contribution in [1.29, 1.82) is 0 Å². The number of H-pyrrole nitrogens is 2. The molecule has 124 valence electrons. The summed E-state index contributed by atoms with van der Waals surface area (Å²) in [6, 6.07) is 7.69. The van der Waals surface area contributed by atoms with E-state index in [1.165, 1.54) is 16.9 Å². The number of hydrogen-bond donors (Lipinski definition) is 3. The molecule has 1 aromatic carbocycles. The molecule has 2 heterocycles. The van der Waals surface area contributed by atoms with Crippen molar-refractivity contribution in [3.05, 3.63) is 55.6 Å². The number of fused-ring (bicyclic) bond motifs is 2. The van der Waals surface area contributed by atoms with Gasteiger partial charge in [0.15, 0.2) is 0 Å². The molecule has 1 aliphatic rings. The van der Waals surface area contributed by atoms with Crippen molar-refractivity contribution in [3.8, 4) is 0 Å². The Labute approximate surface area is 143 Å². The number of aromatic amines is 2. The van der Waals surface area contributed by atoms with Crippen LogP contribution in [0.4, 0.5) is 0 Å². The van der Waals surface area contributed by atoms with Gasteiger partial charge in [-0.05, 0) is 54.5 Å². The van der Waals surface area contributed by atoms with Gasteiger partial charge in [-0.2, -0.15) is 0 Å². The Morgan fingerprint density at radius 2 is 2.12 bits per heavy atom. The number of aryl methyl sites for hydroxylation is 1. The summed E-state index contributed by atoms with van der Waals surface area (Å²) in [4.78, 5) is 31.3. The van der Waals surface area contributed by atoms with E-state index in [1.807, 2.05) is 18.2 Å². The van der Waals surface area contributed by atoms with Crippen molar-refractivity contribution in [2.24, 2.45) is 5.92 Å². The minimum Gasteiger partial charge on any atom is -0.347 e. The molecule has 2 aromatic heterocycles. The van der Waals surface area contributed by atoms with Crippen LogP contribution in [0.25, 0.3) is 11.0 Å². The van der Waals surface area contributed by atoms with Gasteiger partial charge in [-0.3, -0.25) is 4.79 Å². The van der Waals surface area contributed by atoms with Crippen molar-refractivity contribution < 1.29 is 4.79 Å². The summed E-state index contributed by atoms with van der Waals surface area (Å²) < 4.78 is 0. The maximum Gasteiger partial charge on any atom is 0.323 e. The highest BCUT2D eigenvalue weighted by Crippen LogP contribution is 2.32. The maximum atomic E-state index is 12.4. The molecule has 0 aliphatic heterocycles. The summed E-state index contributed by atoms with van der Waals surface area (Å²) in [6.07, 6.45) is 3.38. The first-order chi connectivity index (χ1) is 11.6. The fourth-order valence-corrected chi connectivity index (χ4v) is 4.40. The van der Waals surface area contributed by atoms with Gasteiger partial charge >= 0.3 is 5.69 Å². The second-order valence-electron chi connectivity index (χ2n) is 6.55. The first-order valence-corrected chi connectivity index (χ1v) is 9.01. The quantitative estimate of drug-likeness (QED) is 0.685. The highest BCUT2D eigenvalue weighted by Gasteiger charge is 2.20. The fraction of sp³-hybridized carbons (Fsp3) is 0.333. The number of nitrogens with one attached hydrogen (secondary N) is 3. The Morgan fingerprint density at radius 3 is 3.00 bits per heavy atom.